The molecule has 1 aliphatic carbocycles. The molecule has 1 N–H and O–H groups in total. The van der Waals surface area contributed by atoms with Crippen LogP contribution in [0.2, 0.25) is 5.02 Å². The van der Waals surface area contributed by atoms with Gasteiger partial charge in [-0.25, -0.2) is 0 Å². The van der Waals surface area contributed by atoms with Crippen molar-refractivity contribution < 1.29 is 4.79 Å². The lowest BCUT2D eigenvalue weighted by Crippen LogP contribution is -2.16. The largest absolute Gasteiger partial charge is 0.322 e. The smallest absolute Gasteiger partial charge is 0.257 e. The van der Waals surface area contributed by atoms with E-state index in [0.29, 0.717) is 10.6 Å². The molecule has 2 nitrogen and oxygen atoms in total. The second-order valence-electron chi connectivity index (χ2n) is 5.45. The van der Waals surface area contributed by atoms with Crippen LogP contribution in [0.25, 0.3) is 0 Å². The molecule has 0 unspecified atom stereocenters. The average Bonchev–Trinajstić information content (AvgIpc) is 2.55. The zero-order valence-corrected chi connectivity index (χ0v) is 14.1. The number of nitrogens with one attached hydrogen (secondary N) is 1. The van der Waals surface area contributed by atoms with Crippen molar-refractivity contribution in [2.75, 3.05) is 11.6 Å². The van der Waals surface area contributed by atoms with Gasteiger partial charge in [-0.15, -0.1) is 11.8 Å². The molecule has 3 rings (SSSR count). The quantitative estimate of drug-likeness (QED) is 0.784. The Hall–Kier alpha value is -1.45. The third kappa shape index (κ3) is 3.16. The minimum absolute atomic E-state index is 0.139. The maximum atomic E-state index is 12.6. The molecule has 0 spiro atoms. The summed E-state index contributed by atoms with van der Waals surface area (Å²) in [5.41, 5.74) is 4.09. The first kappa shape index (κ1) is 15.4. The van der Waals surface area contributed by atoms with E-state index in [1.165, 1.54) is 24.0 Å². The summed E-state index contributed by atoms with van der Waals surface area (Å²) >= 11 is 7.79. The van der Waals surface area contributed by atoms with Crippen molar-refractivity contribution in [3.63, 3.8) is 0 Å². The molecule has 4 heteroatoms. The molecule has 1 aliphatic rings. The van der Waals surface area contributed by atoms with E-state index in [1.54, 1.807) is 17.8 Å². The van der Waals surface area contributed by atoms with Crippen LogP contribution in [0.1, 0.15) is 34.3 Å². The second kappa shape index (κ2) is 6.76. The minimum Gasteiger partial charge on any atom is -0.322 e. The first-order valence-electron chi connectivity index (χ1n) is 7.44. The highest BCUT2D eigenvalue weighted by Gasteiger charge is 2.16. The van der Waals surface area contributed by atoms with Crippen LogP contribution in [0, 0.1) is 0 Å². The number of halogens is 1. The van der Waals surface area contributed by atoms with E-state index in [4.69, 9.17) is 11.6 Å². The number of amides is 1. The van der Waals surface area contributed by atoms with Crippen LogP contribution >= 0.6 is 23.4 Å². The molecule has 0 radical (unpaired) electrons. The van der Waals surface area contributed by atoms with Gasteiger partial charge >= 0.3 is 0 Å². The molecule has 2 aromatic carbocycles. The monoisotopic (exact) mass is 331 g/mol. The fourth-order valence-electron chi connectivity index (χ4n) is 2.89. The third-order valence-electron chi connectivity index (χ3n) is 4.06. The number of rotatable bonds is 3. The number of thioether (sulfide) groups is 1. The maximum absolute atomic E-state index is 12.6. The molecule has 0 aliphatic heterocycles. The minimum atomic E-state index is -0.139. The highest BCUT2D eigenvalue weighted by molar-refractivity contribution is 7.98. The summed E-state index contributed by atoms with van der Waals surface area (Å²) in [6.07, 6.45) is 6.53. The summed E-state index contributed by atoms with van der Waals surface area (Å²) in [7, 11) is 0. The summed E-state index contributed by atoms with van der Waals surface area (Å²) in [4.78, 5) is 13.6. The van der Waals surface area contributed by atoms with E-state index in [2.05, 4.69) is 11.4 Å². The Morgan fingerprint density at radius 1 is 1.18 bits per heavy atom. The Bertz CT molecular complexity index is 714. The van der Waals surface area contributed by atoms with Gasteiger partial charge in [0.15, 0.2) is 0 Å². The summed E-state index contributed by atoms with van der Waals surface area (Å²) in [6, 6.07) is 11.7. The lowest BCUT2D eigenvalue weighted by Gasteiger charge is -2.19. The summed E-state index contributed by atoms with van der Waals surface area (Å²) in [5.74, 6) is -0.139. The predicted molar refractivity (Wildman–Crippen MR) is 94.3 cm³/mol. The maximum Gasteiger partial charge on any atom is 0.257 e. The number of aryl methyl sites for hydroxylation is 1. The van der Waals surface area contributed by atoms with Crippen molar-refractivity contribution in [1.29, 1.82) is 0 Å². The van der Waals surface area contributed by atoms with E-state index in [0.717, 1.165) is 23.4 Å². The van der Waals surface area contributed by atoms with Crippen LogP contribution in [0.4, 0.5) is 5.69 Å². The van der Waals surface area contributed by atoms with Gasteiger partial charge in [-0.3, -0.25) is 4.79 Å². The molecule has 0 saturated heterocycles. The molecule has 0 saturated carbocycles. The highest BCUT2D eigenvalue weighted by atomic mass is 35.5. The predicted octanol–water partition coefficient (Wildman–Crippen LogP) is 5.19. The van der Waals surface area contributed by atoms with Crippen LogP contribution < -0.4 is 5.32 Å². The standard InChI is InChI=1S/C18H18ClNOS/c1-22-13-9-10-16(19)15(11-13)18(21)20-17-8-4-6-12-5-2-3-7-14(12)17/h4,6,8-11H,2-3,5,7H2,1H3,(H,20,21). The molecule has 0 heterocycles. The Morgan fingerprint density at radius 2 is 2.00 bits per heavy atom. The molecule has 0 atom stereocenters. The van der Waals surface area contributed by atoms with Crippen molar-refractivity contribution in [1.82, 2.24) is 0 Å². The number of hydrogen-bond donors (Lipinski definition) is 1. The lowest BCUT2D eigenvalue weighted by atomic mass is 9.90. The van der Waals surface area contributed by atoms with E-state index in [9.17, 15) is 4.79 Å². The van der Waals surface area contributed by atoms with Crippen LogP contribution in [-0.4, -0.2) is 12.2 Å². The number of carbonyl (C=O) groups is 1. The number of benzene rings is 2. The topological polar surface area (TPSA) is 29.1 Å². The molecule has 1 amide bonds. The lowest BCUT2D eigenvalue weighted by molar-refractivity contribution is 0.102. The Morgan fingerprint density at radius 3 is 2.82 bits per heavy atom. The van der Waals surface area contributed by atoms with Gasteiger partial charge in [0.2, 0.25) is 0 Å². The van der Waals surface area contributed by atoms with E-state index >= 15 is 0 Å². The molecular formula is C18H18ClNOS. The Labute approximate surface area is 140 Å². The summed E-state index contributed by atoms with van der Waals surface area (Å²) < 4.78 is 0. The van der Waals surface area contributed by atoms with Crippen molar-refractivity contribution in [2.45, 2.75) is 30.6 Å². The third-order valence-corrected chi connectivity index (χ3v) is 5.12. The van der Waals surface area contributed by atoms with Crippen LogP contribution in [-0.2, 0) is 12.8 Å². The fourth-order valence-corrected chi connectivity index (χ4v) is 3.54. The van der Waals surface area contributed by atoms with Crippen LogP contribution in [0.5, 0.6) is 0 Å². The van der Waals surface area contributed by atoms with Gasteiger partial charge in [0.05, 0.1) is 10.6 Å². The Kier molecular flexibility index (Phi) is 4.74. The second-order valence-corrected chi connectivity index (χ2v) is 6.74. The zero-order chi connectivity index (χ0) is 15.5. The Balaban J connectivity index is 1.89. The highest BCUT2D eigenvalue weighted by Crippen LogP contribution is 2.29. The first-order valence-corrected chi connectivity index (χ1v) is 9.05. The van der Waals surface area contributed by atoms with Gasteiger partial charge in [-0.05, 0) is 67.3 Å². The van der Waals surface area contributed by atoms with Gasteiger partial charge < -0.3 is 5.32 Å². The normalized spacial score (nSPS) is 13.5. The molecule has 22 heavy (non-hydrogen) atoms. The van der Waals surface area contributed by atoms with Crippen molar-refractivity contribution in [3.8, 4) is 0 Å². The number of carbonyl (C=O) groups excluding carboxylic acids is 1. The fraction of sp³-hybridized carbons (Fsp3) is 0.278. The van der Waals surface area contributed by atoms with Gasteiger partial charge in [0.1, 0.15) is 0 Å². The van der Waals surface area contributed by atoms with Crippen molar-refractivity contribution in [2.24, 2.45) is 0 Å². The number of hydrogen-bond acceptors (Lipinski definition) is 2. The van der Waals surface area contributed by atoms with Crippen LogP contribution in [0.15, 0.2) is 41.3 Å². The molecule has 0 aromatic heterocycles. The number of fused-ring (bicyclic) bond motifs is 1. The summed E-state index contributed by atoms with van der Waals surface area (Å²) in [6.45, 7) is 0. The molecule has 2 aromatic rings. The number of anilines is 1. The average molecular weight is 332 g/mol. The SMILES string of the molecule is CSc1ccc(Cl)c(C(=O)Nc2cccc3c2CCCC3)c1. The van der Waals surface area contributed by atoms with E-state index in [1.807, 2.05) is 30.5 Å². The molecular weight excluding hydrogens is 314 g/mol. The van der Waals surface area contributed by atoms with E-state index in [-0.39, 0.29) is 5.91 Å². The van der Waals surface area contributed by atoms with Gasteiger partial charge in [0, 0.05) is 10.6 Å². The molecule has 0 fully saturated rings. The van der Waals surface area contributed by atoms with Crippen molar-refractivity contribution >= 4 is 35.0 Å². The zero-order valence-electron chi connectivity index (χ0n) is 12.5. The van der Waals surface area contributed by atoms with E-state index < -0.39 is 0 Å². The van der Waals surface area contributed by atoms with Gasteiger partial charge in [-0.2, -0.15) is 0 Å². The summed E-state index contributed by atoms with van der Waals surface area (Å²) in [5, 5.41) is 3.53. The first-order chi connectivity index (χ1) is 10.7. The van der Waals surface area contributed by atoms with Crippen LogP contribution in [0.3, 0.4) is 0 Å². The molecule has 114 valence electrons. The van der Waals surface area contributed by atoms with Crippen molar-refractivity contribution in [3.05, 3.63) is 58.1 Å². The van der Waals surface area contributed by atoms with Gasteiger partial charge in [0.25, 0.3) is 5.91 Å². The van der Waals surface area contributed by atoms with Gasteiger partial charge in [-0.1, -0.05) is 23.7 Å². The molecule has 0 bridgehead atoms.